The average molecular weight is 396 g/mol. The van der Waals surface area contributed by atoms with E-state index in [1.165, 1.54) is 18.2 Å². The van der Waals surface area contributed by atoms with Crippen molar-refractivity contribution in [1.82, 2.24) is 0 Å². The number of ether oxygens (including phenoxy) is 1. The summed E-state index contributed by atoms with van der Waals surface area (Å²) in [5, 5.41) is 0. The van der Waals surface area contributed by atoms with Gasteiger partial charge in [-0.15, -0.1) is 0 Å². The van der Waals surface area contributed by atoms with Crippen molar-refractivity contribution in [3.63, 3.8) is 0 Å². The van der Waals surface area contributed by atoms with Crippen LogP contribution in [0, 0.1) is 5.92 Å². The summed E-state index contributed by atoms with van der Waals surface area (Å²) in [6.45, 7) is 2.14. The summed E-state index contributed by atoms with van der Waals surface area (Å²) < 4.78 is 28.7. The molecule has 2 atom stereocenters. The zero-order valence-electron chi connectivity index (χ0n) is 11.5. The second-order valence-corrected chi connectivity index (χ2v) is 8.80. The Morgan fingerprint density at radius 1 is 1.38 bits per heavy atom. The van der Waals surface area contributed by atoms with Gasteiger partial charge in [-0.05, 0) is 59.3 Å². The molecular formula is C14H16BrClO4S. The minimum Gasteiger partial charge on any atom is -0.459 e. The Bertz CT molecular complexity index is 644. The summed E-state index contributed by atoms with van der Waals surface area (Å²) in [6, 6.07) is 4.06. The van der Waals surface area contributed by atoms with Crippen LogP contribution in [0.25, 0.3) is 0 Å². The maximum Gasteiger partial charge on any atom is 0.339 e. The van der Waals surface area contributed by atoms with Crippen LogP contribution in [0.1, 0.15) is 43.0 Å². The Hall–Kier alpha value is -0.590. The lowest BCUT2D eigenvalue weighted by molar-refractivity contribution is 0.0154. The first-order valence-electron chi connectivity index (χ1n) is 6.72. The van der Waals surface area contributed by atoms with Crippen molar-refractivity contribution in [3.8, 4) is 0 Å². The summed E-state index contributed by atoms with van der Waals surface area (Å²) in [5.41, 5.74) is 0.176. The van der Waals surface area contributed by atoms with Gasteiger partial charge in [0.25, 0.3) is 9.05 Å². The number of hydrogen-bond acceptors (Lipinski definition) is 4. The molecule has 1 aromatic rings. The third-order valence-corrected chi connectivity index (χ3v) is 5.64. The van der Waals surface area contributed by atoms with E-state index in [1.54, 1.807) is 0 Å². The fraction of sp³-hybridized carbons (Fsp3) is 0.500. The highest BCUT2D eigenvalue weighted by Crippen LogP contribution is 2.28. The van der Waals surface area contributed by atoms with Gasteiger partial charge in [0.1, 0.15) is 6.10 Å². The molecule has 1 aliphatic carbocycles. The average Bonchev–Trinajstić information content (AvgIpc) is 2.37. The van der Waals surface area contributed by atoms with Gasteiger partial charge in [0, 0.05) is 15.2 Å². The largest absolute Gasteiger partial charge is 0.459 e. The molecule has 0 bridgehead atoms. The molecule has 0 aromatic heterocycles. The lowest BCUT2D eigenvalue weighted by Crippen LogP contribution is -2.24. The van der Waals surface area contributed by atoms with E-state index in [0.717, 1.165) is 25.7 Å². The number of hydrogen-bond donors (Lipinski definition) is 0. The molecular weight excluding hydrogens is 380 g/mol. The van der Waals surface area contributed by atoms with Crippen molar-refractivity contribution in [2.45, 2.75) is 43.6 Å². The van der Waals surface area contributed by atoms with E-state index >= 15 is 0 Å². The zero-order valence-corrected chi connectivity index (χ0v) is 14.7. The molecule has 21 heavy (non-hydrogen) atoms. The number of rotatable bonds is 3. The molecule has 2 rings (SSSR count). The van der Waals surface area contributed by atoms with E-state index in [2.05, 4.69) is 22.9 Å². The molecule has 0 N–H and O–H groups in total. The summed E-state index contributed by atoms with van der Waals surface area (Å²) >= 11 is 3.24. The molecule has 2 unspecified atom stereocenters. The van der Waals surface area contributed by atoms with E-state index in [1.807, 2.05) is 0 Å². The smallest absolute Gasteiger partial charge is 0.339 e. The minimum atomic E-state index is -3.87. The Morgan fingerprint density at radius 2 is 2.10 bits per heavy atom. The van der Waals surface area contributed by atoms with E-state index < -0.39 is 15.0 Å². The van der Waals surface area contributed by atoms with Crippen LogP contribution >= 0.6 is 26.6 Å². The van der Waals surface area contributed by atoms with Crippen LogP contribution in [-0.4, -0.2) is 20.5 Å². The molecule has 0 amide bonds. The maximum atomic E-state index is 12.2. The highest BCUT2D eigenvalue weighted by Gasteiger charge is 2.24. The van der Waals surface area contributed by atoms with Gasteiger partial charge in [-0.1, -0.05) is 13.3 Å². The number of halogens is 2. The molecule has 0 heterocycles. The van der Waals surface area contributed by atoms with Crippen LogP contribution < -0.4 is 0 Å². The second-order valence-electron chi connectivity index (χ2n) is 5.38. The molecule has 0 radical (unpaired) electrons. The van der Waals surface area contributed by atoms with Gasteiger partial charge in [-0.3, -0.25) is 0 Å². The normalized spacial score (nSPS) is 22.8. The Kier molecular flexibility index (Phi) is 5.33. The topological polar surface area (TPSA) is 60.4 Å². The summed E-state index contributed by atoms with van der Waals surface area (Å²) in [7, 11) is 1.43. The number of esters is 1. The lowest BCUT2D eigenvalue weighted by Gasteiger charge is -2.26. The fourth-order valence-electron chi connectivity index (χ4n) is 2.51. The van der Waals surface area contributed by atoms with Gasteiger partial charge in [0.15, 0.2) is 0 Å². The zero-order chi connectivity index (χ0) is 15.6. The van der Waals surface area contributed by atoms with Gasteiger partial charge >= 0.3 is 5.97 Å². The van der Waals surface area contributed by atoms with E-state index in [-0.39, 0.29) is 16.6 Å². The Labute approximate surface area is 137 Å². The summed E-state index contributed by atoms with van der Waals surface area (Å²) in [6.07, 6.45) is 3.77. The number of benzene rings is 1. The van der Waals surface area contributed by atoms with E-state index in [4.69, 9.17) is 15.4 Å². The van der Waals surface area contributed by atoms with Gasteiger partial charge in [0.2, 0.25) is 0 Å². The molecule has 0 saturated heterocycles. The van der Waals surface area contributed by atoms with Gasteiger partial charge in [0.05, 0.1) is 10.5 Å². The van der Waals surface area contributed by atoms with Crippen LogP contribution in [0.15, 0.2) is 27.6 Å². The maximum absolute atomic E-state index is 12.2. The SMILES string of the molecule is CC1CCCC(OC(=O)c2cc(S(=O)(=O)Cl)ccc2Br)C1. The standard InChI is InChI=1S/C14H16BrClO4S/c1-9-3-2-4-10(7-9)20-14(17)12-8-11(21(16,18)19)5-6-13(12)15/h5-6,8-10H,2-4,7H2,1H3. The van der Waals surface area contributed by atoms with E-state index in [9.17, 15) is 13.2 Å². The van der Waals surface area contributed by atoms with Crippen molar-refractivity contribution in [2.24, 2.45) is 5.92 Å². The molecule has 4 nitrogen and oxygen atoms in total. The van der Waals surface area contributed by atoms with Gasteiger partial charge < -0.3 is 4.74 Å². The van der Waals surface area contributed by atoms with Crippen LogP contribution in [0.3, 0.4) is 0 Å². The third kappa shape index (κ3) is 4.44. The van der Waals surface area contributed by atoms with Crippen molar-refractivity contribution in [1.29, 1.82) is 0 Å². The Morgan fingerprint density at radius 3 is 2.71 bits per heavy atom. The number of carbonyl (C=O) groups is 1. The van der Waals surface area contributed by atoms with Crippen molar-refractivity contribution in [3.05, 3.63) is 28.2 Å². The summed E-state index contributed by atoms with van der Waals surface area (Å²) in [5.74, 6) is 0.0117. The molecule has 1 fully saturated rings. The van der Waals surface area contributed by atoms with Crippen LogP contribution in [-0.2, 0) is 13.8 Å². The first kappa shape index (κ1) is 16.8. The van der Waals surface area contributed by atoms with Crippen molar-refractivity contribution < 1.29 is 17.9 Å². The first-order valence-corrected chi connectivity index (χ1v) is 9.83. The summed E-state index contributed by atoms with van der Waals surface area (Å²) in [4.78, 5) is 12.1. The fourth-order valence-corrected chi connectivity index (χ4v) is 3.70. The Balaban J connectivity index is 2.18. The molecule has 1 saturated carbocycles. The second kappa shape index (κ2) is 6.67. The molecule has 116 valence electrons. The lowest BCUT2D eigenvalue weighted by atomic mass is 9.89. The van der Waals surface area contributed by atoms with Gasteiger partial charge in [-0.2, -0.15) is 0 Å². The highest BCUT2D eigenvalue weighted by molar-refractivity contribution is 9.10. The quantitative estimate of drug-likeness (QED) is 0.571. The van der Waals surface area contributed by atoms with Crippen LogP contribution in [0.4, 0.5) is 0 Å². The molecule has 1 aromatic carbocycles. The number of carbonyl (C=O) groups excluding carboxylic acids is 1. The highest BCUT2D eigenvalue weighted by atomic mass is 79.9. The molecule has 7 heteroatoms. The predicted molar refractivity (Wildman–Crippen MR) is 84.0 cm³/mol. The third-order valence-electron chi connectivity index (χ3n) is 3.60. The van der Waals surface area contributed by atoms with Gasteiger partial charge in [-0.25, -0.2) is 13.2 Å². The van der Waals surface area contributed by atoms with Crippen molar-refractivity contribution in [2.75, 3.05) is 0 Å². The molecule has 1 aliphatic rings. The van der Waals surface area contributed by atoms with Crippen molar-refractivity contribution >= 4 is 41.6 Å². The van der Waals surface area contributed by atoms with E-state index in [0.29, 0.717) is 10.4 Å². The molecule has 0 spiro atoms. The van der Waals surface area contributed by atoms with Crippen LogP contribution in [0.5, 0.6) is 0 Å². The molecule has 0 aliphatic heterocycles. The van der Waals surface area contributed by atoms with Crippen LogP contribution in [0.2, 0.25) is 0 Å². The first-order chi connectivity index (χ1) is 9.77. The minimum absolute atomic E-state index is 0.107. The monoisotopic (exact) mass is 394 g/mol. The predicted octanol–water partition coefficient (Wildman–Crippen LogP) is 4.11.